The van der Waals surface area contributed by atoms with Gasteiger partial charge < -0.3 is 15.5 Å². The molecule has 1 unspecified atom stereocenters. The molecule has 3 aromatic rings. The monoisotopic (exact) mass is 446 g/mol. The van der Waals surface area contributed by atoms with E-state index in [0.29, 0.717) is 19.3 Å². The number of anilines is 2. The Labute approximate surface area is 194 Å². The molecule has 7 nitrogen and oxygen atoms in total. The van der Waals surface area contributed by atoms with Gasteiger partial charge in [0, 0.05) is 30.1 Å². The summed E-state index contributed by atoms with van der Waals surface area (Å²) in [6.45, 7) is 4.05. The van der Waals surface area contributed by atoms with Crippen molar-refractivity contribution in [3.05, 3.63) is 65.6 Å². The van der Waals surface area contributed by atoms with Crippen LogP contribution in [0.1, 0.15) is 42.5 Å². The van der Waals surface area contributed by atoms with E-state index in [1.807, 2.05) is 50.2 Å². The predicted molar refractivity (Wildman–Crippen MR) is 127 cm³/mol. The Morgan fingerprint density at radius 3 is 2.45 bits per heavy atom. The molecule has 0 aliphatic heterocycles. The van der Waals surface area contributed by atoms with Gasteiger partial charge in [0.05, 0.1) is 17.7 Å². The summed E-state index contributed by atoms with van der Waals surface area (Å²) in [5.41, 5.74) is 4.74. The van der Waals surface area contributed by atoms with Crippen molar-refractivity contribution in [2.24, 2.45) is 11.8 Å². The Kier molecular flexibility index (Phi) is 6.99. The van der Waals surface area contributed by atoms with Crippen molar-refractivity contribution < 1.29 is 15.0 Å². The molecular weight excluding hydrogens is 416 g/mol. The molecule has 1 fully saturated rings. The SMILES string of the molecule is Cc1ccnc(Nc2cc(C)cc(-c3ccc(CC(O)C4CCC(C(=O)O)CC4)nc3)n2)c1. The first-order valence-electron chi connectivity index (χ1n) is 11.4. The van der Waals surface area contributed by atoms with Crippen molar-refractivity contribution in [2.45, 2.75) is 52.1 Å². The number of aromatic nitrogens is 3. The van der Waals surface area contributed by atoms with E-state index in [-0.39, 0.29) is 11.8 Å². The maximum absolute atomic E-state index is 11.1. The number of aliphatic carboxylic acids is 1. The standard InChI is InChI=1S/C26H30N4O3/c1-16-9-10-27-24(12-16)30-25-13-17(2)11-22(29-25)20-7-8-21(28-15-20)14-23(31)18-3-5-19(6-4-18)26(32)33/h7-13,15,18-19,23,31H,3-6,14H2,1-2H3,(H,32,33)(H,27,29,30). The third kappa shape index (κ3) is 5.93. The average Bonchev–Trinajstić information content (AvgIpc) is 2.79. The van der Waals surface area contributed by atoms with Crippen LogP contribution in [0.3, 0.4) is 0 Å². The summed E-state index contributed by atoms with van der Waals surface area (Å²) in [5.74, 6) is 0.607. The fraction of sp³-hybridized carbons (Fsp3) is 0.385. The summed E-state index contributed by atoms with van der Waals surface area (Å²) >= 11 is 0. The zero-order valence-electron chi connectivity index (χ0n) is 19.0. The van der Waals surface area contributed by atoms with E-state index in [9.17, 15) is 9.90 Å². The van der Waals surface area contributed by atoms with Gasteiger partial charge in [-0.3, -0.25) is 9.78 Å². The Morgan fingerprint density at radius 1 is 1.03 bits per heavy atom. The number of rotatable bonds is 7. The van der Waals surface area contributed by atoms with Crippen LogP contribution in [0.4, 0.5) is 11.6 Å². The highest BCUT2D eigenvalue weighted by molar-refractivity contribution is 5.70. The number of nitrogens with one attached hydrogen (secondary N) is 1. The number of pyridine rings is 3. The second kappa shape index (κ2) is 10.1. The molecule has 0 spiro atoms. The summed E-state index contributed by atoms with van der Waals surface area (Å²) in [6.07, 6.45) is 6.28. The third-order valence-corrected chi connectivity index (χ3v) is 6.35. The Balaban J connectivity index is 1.41. The number of hydrogen-bond acceptors (Lipinski definition) is 6. The van der Waals surface area contributed by atoms with Gasteiger partial charge in [0.2, 0.25) is 0 Å². The lowest BCUT2D eigenvalue weighted by molar-refractivity contribution is -0.143. The van der Waals surface area contributed by atoms with Gasteiger partial charge in [0.25, 0.3) is 0 Å². The highest BCUT2D eigenvalue weighted by Gasteiger charge is 2.29. The molecule has 1 aliphatic rings. The number of carbonyl (C=O) groups is 1. The van der Waals surface area contributed by atoms with Gasteiger partial charge in [0.1, 0.15) is 11.6 Å². The molecule has 0 saturated heterocycles. The van der Waals surface area contributed by atoms with Crippen molar-refractivity contribution in [1.29, 1.82) is 0 Å². The Morgan fingerprint density at radius 2 is 1.79 bits per heavy atom. The second-order valence-corrected chi connectivity index (χ2v) is 9.02. The van der Waals surface area contributed by atoms with Crippen molar-refractivity contribution in [3.63, 3.8) is 0 Å². The van der Waals surface area contributed by atoms with E-state index in [2.05, 4.69) is 15.3 Å². The van der Waals surface area contributed by atoms with E-state index < -0.39 is 12.1 Å². The van der Waals surface area contributed by atoms with Crippen LogP contribution in [0.5, 0.6) is 0 Å². The van der Waals surface area contributed by atoms with Crippen molar-refractivity contribution >= 4 is 17.6 Å². The topological polar surface area (TPSA) is 108 Å². The highest BCUT2D eigenvalue weighted by Crippen LogP contribution is 2.32. The zero-order chi connectivity index (χ0) is 23.4. The molecule has 1 aliphatic carbocycles. The first-order valence-corrected chi connectivity index (χ1v) is 11.4. The molecule has 0 amide bonds. The van der Waals surface area contributed by atoms with Crippen molar-refractivity contribution in [2.75, 3.05) is 5.32 Å². The molecule has 7 heteroatoms. The minimum atomic E-state index is -0.724. The molecule has 0 radical (unpaired) electrons. The maximum atomic E-state index is 11.1. The molecule has 4 rings (SSSR count). The van der Waals surface area contributed by atoms with E-state index in [1.165, 1.54) is 0 Å². The molecule has 0 bridgehead atoms. The summed E-state index contributed by atoms with van der Waals surface area (Å²) in [6, 6.07) is 11.8. The van der Waals surface area contributed by atoms with Gasteiger partial charge in [-0.1, -0.05) is 0 Å². The van der Waals surface area contributed by atoms with E-state index in [1.54, 1.807) is 12.4 Å². The van der Waals surface area contributed by atoms with E-state index in [0.717, 1.165) is 52.6 Å². The zero-order valence-corrected chi connectivity index (χ0v) is 19.0. The molecule has 3 N–H and O–H groups in total. The van der Waals surface area contributed by atoms with Gasteiger partial charge >= 0.3 is 5.97 Å². The van der Waals surface area contributed by atoms with Gasteiger partial charge in [-0.15, -0.1) is 0 Å². The van der Waals surface area contributed by atoms with Crippen molar-refractivity contribution in [3.8, 4) is 11.3 Å². The van der Waals surface area contributed by atoms with Crippen LogP contribution in [-0.2, 0) is 11.2 Å². The van der Waals surface area contributed by atoms with Crippen LogP contribution in [0, 0.1) is 25.7 Å². The molecule has 33 heavy (non-hydrogen) atoms. The lowest BCUT2D eigenvalue weighted by Crippen LogP contribution is -2.30. The Hall–Kier alpha value is -3.32. The van der Waals surface area contributed by atoms with Gasteiger partial charge in [0.15, 0.2) is 0 Å². The third-order valence-electron chi connectivity index (χ3n) is 6.35. The summed E-state index contributed by atoms with van der Waals surface area (Å²) in [7, 11) is 0. The quantitative estimate of drug-likeness (QED) is 0.483. The molecule has 0 aromatic carbocycles. The molecule has 172 valence electrons. The number of carboxylic acid groups (broad SMARTS) is 1. The van der Waals surface area contributed by atoms with Crippen LogP contribution >= 0.6 is 0 Å². The number of aliphatic hydroxyl groups is 1. The summed E-state index contributed by atoms with van der Waals surface area (Å²) < 4.78 is 0. The summed E-state index contributed by atoms with van der Waals surface area (Å²) in [4.78, 5) is 24.8. The summed E-state index contributed by atoms with van der Waals surface area (Å²) in [5, 5.41) is 23.1. The predicted octanol–water partition coefficient (Wildman–Crippen LogP) is 4.69. The van der Waals surface area contributed by atoms with Crippen LogP contribution in [0.15, 0.2) is 48.8 Å². The molecule has 1 atom stereocenters. The lowest BCUT2D eigenvalue weighted by Gasteiger charge is -2.29. The molecular formula is C26H30N4O3. The normalized spacial score (nSPS) is 19.1. The van der Waals surface area contributed by atoms with E-state index >= 15 is 0 Å². The number of nitrogens with zero attached hydrogens (tertiary/aromatic N) is 3. The van der Waals surface area contributed by atoms with Crippen LogP contribution in [0.2, 0.25) is 0 Å². The second-order valence-electron chi connectivity index (χ2n) is 9.02. The van der Waals surface area contributed by atoms with Crippen molar-refractivity contribution in [1.82, 2.24) is 15.0 Å². The first-order chi connectivity index (χ1) is 15.9. The van der Waals surface area contributed by atoms with Crippen LogP contribution in [-0.4, -0.2) is 37.2 Å². The Bertz CT molecular complexity index is 1110. The van der Waals surface area contributed by atoms with Gasteiger partial charge in [-0.05, 0) is 93.0 Å². The van der Waals surface area contributed by atoms with Gasteiger partial charge in [-0.2, -0.15) is 0 Å². The number of hydrogen-bond donors (Lipinski definition) is 3. The number of carboxylic acids is 1. The fourth-order valence-corrected chi connectivity index (χ4v) is 4.44. The number of aliphatic hydroxyl groups excluding tert-OH is 1. The molecule has 3 aromatic heterocycles. The van der Waals surface area contributed by atoms with Crippen LogP contribution in [0.25, 0.3) is 11.3 Å². The smallest absolute Gasteiger partial charge is 0.306 e. The van der Waals surface area contributed by atoms with Crippen LogP contribution < -0.4 is 5.32 Å². The minimum absolute atomic E-state index is 0.129. The van der Waals surface area contributed by atoms with Gasteiger partial charge in [-0.25, -0.2) is 9.97 Å². The molecule has 1 saturated carbocycles. The van der Waals surface area contributed by atoms with E-state index in [4.69, 9.17) is 10.1 Å². The highest BCUT2D eigenvalue weighted by atomic mass is 16.4. The fourth-order valence-electron chi connectivity index (χ4n) is 4.44. The molecule has 3 heterocycles. The minimum Gasteiger partial charge on any atom is -0.481 e. The largest absolute Gasteiger partial charge is 0.481 e. The first kappa shape index (κ1) is 22.9. The average molecular weight is 447 g/mol. The number of aryl methyl sites for hydroxylation is 2. The lowest BCUT2D eigenvalue weighted by atomic mass is 9.78. The maximum Gasteiger partial charge on any atom is 0.306 e.